The highest BCUT2D eigenvalue weighted by Crippen LogP contribution is 2.33. The first kappa shape index (κ1) is 11.2. The van der Waals surface area contributed by atoms with Gasteiger partial charge in [0.25, 0.3) is 0 Å². The number of aromatic nitrogens is 1. The lowest BCUT2D eigenvalue weighted by atomic mass is 10.3. The number of hydrogen-bond acceptors (Lipinski definition) is 3. The quantitative estimate of drug-likeness (QED) is 0.711. The molecule has 2 nitrogen and oxygen atoms in total. The summed E-state index contributed by atoms with van der Waals surface area (Å²) in [4.78, 5) is 7.02. The second-order valence-electron chi connectivity index (χ2n) is 4.03. The number of thiazole rings is 1. The van der Waals surface area contributed by atoms with Crippen molar-refractivity contribution in [3.8, 4) is 0 Å². The molecule has 0 aromatic carbocycles. The fourth-order valence-corrected chi connectivity index (χ4v) is 2.79. The van der Waals surface area contributed by atoms with Gasteiger partial charge in [-0.3, -0.25) is 0 Å². The lowest BCUT2D eigenvalue weighted by Crippen LogP contribution is -2.26. The van der Waals surface area contributed by atoms with E-state index in [9.17, 15) is 0 Å². The molecule has 1 aromatic heterocycles. The van der Waals surface area contributed by atoms with Crippen LogP contribution in [-0.4, -0.2) is 17.6 Å². The number of anilines is 1. The van der Waals surface area contributed by atoms with Crippen LogP contribution in [0.15, 0.2) is 5.38 Å². The predicted octanol–water partition coefficient (Wildman–Crippen LogP) is 3.65. The van der Waals surface area contributed by atoms with Crippen LogP contribution in [0.5, 0.6) is 0 Å². The third-order valence-corrected chi connectivity index (χ3v) is 3.86. The Morgan fingerprint density at radius 1 is 1.60 bits per heavy atom. The van der Waals surface area contributed by atoms with Crippen molar-refractivity contribution in [1.82, 2.24) is 4.98 Å². The number of unbranched alkanes of at least 4 members (excludes halogenated alkanes) is 1. The number of hydrogen-bond donors (Lipinski definition) is 0. The summed E-state index contributed by atoms with van der Waals surface area (Å²) >= 11 is 7.50. The van der Waals surface area contributed by atoms with Gasteiger partial charge >= 0.3 is 0 Å². The van der Waals surface area contributed by atoms with Crippen LogP contribution in [0.25, 0.3) is 0 Å². The van der Waals surface area contributed by atoms with Crippen molar-refractivity contribution in [2.24, 2.45) is 0 Å². The Labute approximate surface area is 100 Å². The van der Waals surface area contributed by atoms with Crippen LogP contribution in [0.2, 0.25) is 0 Å². The fraction of sp³-hybridized carbons (Fsp3) is 0.727. The van der Waals surface area contributed by atoms with E-state index in [1.165, 1.54) is 30.8 Å². The molecule has 0 aliphatic heterocycles. The minimum absolute atomic E-state index is 0.531. The number of alkyl halides is 1. The molecule has 1 fully saturated rings. The van der Waals surface area contributed by atoms with Crippen LogP contribution in [0.1, 0.15) is 38.3 Å². The Balaban J connectivity index is 2.02. The van der Waals surface area contributed by atoms with E-state index in [1.807, 2.05) is 0 Å². The summed E-state index contributed by atoms with van der Waals surface area (Å²) in [6, 6.07) is 0.755. The highest BCUT2D eigenvalue weighted by molar-refractivity contribution is 7.13. The van der Waals surface area contributed by atoms with Gasteiger partial charge in [-0.25, -0.2) is 4.98 Å². The molecule has 15 heavy (non-hydrogen) atoms. The van der Waals surface area contributed by atoms with Crippen molar-refractivity contribution in [2.45, 2.75) is 44.5 Å². The van der Waals surface area contributed by atoms with Crippen molar-refractivity contribution in [1.29, 1.82) is 0 Å². The average Bonchev–Trinajstić information content (AvgIpc) is 2.97. The minimum atomic E-state index is 0.531. The van der Waals surface area contributed by atoms with Crippen LogP contribution in [-0.2, 0) is 5.88 Å². The first-order valence-corrected chi connectivity index (χ1v) is 7.03. The van der Waals surface area contributed by atoms with Crippen LogP contribution in [0, 0.1) is 0 Å². The molecule has 1 aromatic rings. The summed E-state index contributed by atoms with van der Waals surface area (Å²) in [5.74, 6) is 0.531. The molecule has 1 heterocycles. The van der Waals surface area contributed by atoms with Crippen molar-refractivity contribution in [3.05, 3.63) is 11.1 Å². The molecule has 2 rings (SSSR count). The van der Waals surface area contributed by atoms with Crippen LogP contribution in [0.3, 0.4) is 0 Å². The molecule has 1 saturated carbocycles. The van der Waals surface area contributed by atoms with Crippen molar-refractivity contribution in [3.63, 3.8) is 0 Å². The van der Waals surface area contributed by atoms with E-state index in [0.717, 1.165) is 18.3 Å². The molecule has 0 amide bonds. The molecule has 1 aliphatic rings. The third kappa shape index (κ3) is 2.85. The Morgan fingerprint density at radius 3 is 2.93 bits per heavy atom. The maximum atomic E-state index is 5.77. The maximum Gasteiger partial charge on any atom is 0.185 e. The summed E-state index contributed by atoms with van der Waals surface area (Å²) in [6.45, 7) is 3.38. The first-order chi connectivity index (χ1) is 7.35. The molecule has 0 atom stereocenters. The van der Waals surface area contributed by atoms with E-state index in [0.29, 0.717) is 5.88 Å². The first-order valence-electron chi connectivity index (χ1n) is 5.62. The monoisotopic (exact) mass is 244 g/mol. The normalized spacial score (nSPS) is 15.6. The van der Waals surface area contributed by atoms with E-state index < -0.39 is 0 Å². The van der Waals surface area contributed by atoms with Gasteiger partial charge in [0, 0.05) is 18.0 Å². The Morgan fingerprint density at radius 2 is 2.40 bits per heavy atom. The lowest BCUT2D eigenvalue weighted by molar-refractivity contribution is 0.710. The van der Waals surface area contributed by atoms with Crippen LogP contribution in [0.4, 0.5) is 5.13 Å². The summed E-state index contributed by atoms with van der Waals surface area (Å²) in [5, 5.41) is 3.24. The minimum Gasteiger partial charge on any atom is -0.345 e. The van der Waals surface area contributed by atoms with Crippen molar-refractivity contribution in [2.75, 3.05) is 11.4 Å². The molecule has 1 aliphatic carbocycles. The molecule has 0 unspecified atom stereocenters. The van der Waals surface area contributed by atoms with Crippen molar-refractivity contribution >= 4 is 28.1 Å². The van der Waals surface area contributed by atoms with Gasteiger partial charge in [-0.1, -0.05) is 13.3 Å². The number of rotatable bonds is 6. The largest absolute Gasteiger partial charge is 0.345 e. The average molecular weight is 245 g/mol. The number of halogens is 1. The summed E-state index contributed by atoms with van der Waals surface area (Å²) < 4.78 is 0. The smallest absolute Gasteiger partial charge is 0.185 e. The molecule has 0 bridgehead atoms. The highest BCUT2D eigenvalue weighted by Gasteiger charge is 2.30. The summed E-state index contributed by atoms with van der Waals surface area (Å²) in [5.41, 5.74) is 1.01. The molecule has 0 spiro atoms. The molecular weight excluding hydrogens is 228 g/mol. The van der Waals surface area contributed by atoms with Gasteiger partial charge in [0.05, 0.1) is 11.6 Å². The second-order valence-corrected chi connectivity index (χ2v) is 5.14. The Kier molecular flexibility index (Phi) is 3.87. The second kappa shape index (κ2) is 5.17. The maximum absolute atomic E-state index is 5.77. The Bertz CT molecular complexity index is 309. The summed E-state index contributed by atoms with van der Waals surface area (Å²) in [7, 11) is 0. The SMILES string of the molecule is CCCCN(c1nc(CCl)cs1)C1CC1. The highest BCUT2D eigenvalue weighted by atomic mass is 35.5. The predicted molar refractivity (Wildman–Crippen MR) is 66.9 cm³/mol. The van der Waals surface area contributed by atoms with E-state index >= 15 is 0 Å². The Hall–Kier alpha value is -0.280. The van der Waals surface area contributed by atoms with Gasteiger partial charge in [-0.15, -0.1) is 22.9 Å². The standard InChI is InChI=1S/C11H17ClN2S/c1-2-3-6-14(10-4-5-10)11-13-9(7-12)8-15-11/h8,10H,2-7H2,1H3. The molecule has 0 radical (unpaired) electrons. The zero-order valence-electron chi connectivity index (χ0n) is 9.08. The van der Waals surface area contributed by atoms with Gasteiger partial charge in [0.2, 0.25) is 0 Å². The fourth-order valence-electron chi connectivity index (χ4n) is 1.64. The van der Waals surface area contributed by atoms with Crippen molar-refractivity contribution < 1.29 is 0 Å². The van der Waals surface area contributed by atoms with Gasteiger partial charge in [-0.2, -0.15) is 0 Å². The van der Waals surface area contributed by atoms with Crippen LogP contribution >= 0.6 is 22.9 Å². The van der Waals surface area contributed by atoms with Gasteiger partial charge in [-0.05, 0) is 19.3 Å². The molecule has 4 heteroatoms. The topological polar surface area (TPSA) is 16.1 Å². The van der Waals surface area contributed by atoms with E-state index in [4.69, 9.17) is 11.6 Å². The van der Waals surface area contributed by atoms with E-state index in [-0.39, 0.29) is 0 Å². The van der Waals surface area contributed by atoms with E-state index in [2.05, 4.69) is 22.2 Å². The van der Waals surface area contributed by atoms with Gasteiger partial charge < -0.3 is 4.90 Å². The lowest BCUT2D eigenvalue weighted by Gasteiger charge is -2.20. The zero-order chi connectivity index (χ0) is 10.7. The molecular formula is C11H17ClN2S. The van der Waals surface area contributed by atoms with E-state index in [1.54, 1.807) is 11.3 Å². The number of nitrogens with zero attached hydrogens (tertiary/aromatic N) is 2. The molecule has 84 valence electrons. The molecule has 0 saturated heterocycles. The van der Waals surface area contributed by atoms with Gasteiger partial charge in [0.15, 0.2) is 5.13 Å². The third-order valence-electron chi connectivity index (χ3n) is 2.66. The summed E-state index contributed by atoms with van der Waals surface area (Å²) in [6.07, 6.45) is 5.17. The van der Waals surface area contributed by atoms with Gasteiger partial charge in [0.1, 0.15) is 0 Å². The van der Waals surface area contributed by atoms with Crippen LogP contribution < -0.4 is 4.90 Å². The zero-order valence-corrected chi connectivity index (χ0v) is 10.7. The molecule has 0 N–H and O–H groups in total.